The van der Waals surface area contributed by atoms with E-state index >= 15 is 0 Å². The molecule has 1 saturated heterocycles. The molecule has 0 spiro atoms. The maximum Gasteiger partial charge on any atom is 0.230 e. The summed E-state index contributed by atoms with van der Waals surface area (Å²) in [6.07, 6.45) is 7.25. The van der Waals surface area contributed by atoms with Crippen LogP contribution >= 0.6 is 0 Å². The highest BCUT2D eigenvalue weighted by Crippen LogP contribution is 2.20. The molecule has 32 heavy (non-hydrogen) atoms. The predicted molar refractivity (Wildman–Crippen MR) is 133 cm³/mol. The number of aliphatic imine (C=N–C) groups is 2. The van der Waals surface area contributed by atoms with E-state index in [-0.39, 0.29) is 5.92 Å². The fourth-order valence-corrected chi connectivity index (χ4v) is 3.69. The second-order valence-electron chi connectivity index (χ2n) is 8.52. The third-order valence-corrected chi connectivity index (χ3v) is 5.77. The molecule has 2 aliphatic rings. The van der Waals surface area contributed by atoms with Gasteiger partial charge in [-0.15, -0.1) is 0 Å². The van der Waals surface area contributed by atoms with E-state index in [2.05, 4.69) is 57.5 Å². The first-order valence-corrected chi connectivity index (χ1v) is 11.1. The molecular weight excluding hydrogens is 400 g/mol. The van der Waals surface area contributed by atoms with Crippen molar-refractivity contribution < 1.29 is 0 Å². The molecule has 4 rings (SSSR count). The highest BCUT2D eigenvalue weighted by Gasteiger charge is 2.20. The lowest BCUT2D eigenvalue weighted by molar-refractivity contribution is 0.184. The summed E-state index contributed by atoms with van der Waals surface area (Å²) in [6.45, 7) is 8.15. The van der Waals surface area contributed by atoms with E-state index in [1.807, 2.05) is 37.3 Å². The third kappa shape index (κ3) is 5.64. The number of nitrogens with two attached hydrogens (primary N) is 1. The number of piperazine rings is 1. The molecule has 3 heterocycles. The lowest BCUT2D eigenvalue weighted by Gasteiger charge is -2.34. The molecule has 168 valence electrons. The zero-order valence-corrected chi connectivity index (χ0v) is 19.0. The Balaban J connectivity index is 1.63. The summed E-state index contributed by atoms with van der Waals surface area (Å²) in [6, 6.07) is 9.77. The molecule has 0 saturated carbocycles. The molecule has 1 unspecified atom stereocenters. The lowest BCUT2D eigenvalue weighted by Crippen LogP contribution is -2.43. The average Bonchev–Trinajstić information content (AvgIpc) is 3.18. The number of nitrogen functional groups attached to an aromatic ring is 1. The Bertz CT molecular complexity index is 1040. The van der Waals surface area contributed by atoms with Gasteiger partial charge in [-0.3, -0.25) is 5.10 Å². The summed E-state index contributed by atoms with van der Waals surface area (Å²) in [5, 5.41) is 10.6. The largest absolute Gasteiger partial charge is 0.399 e. The van der Waals surface area contributed by atoms with Gasteiger partial charge in [-0.25, -0.2) is 4.99 Å². The topological polar surface area (TPSA) is 97.9 Å². The van der Waals surface area contributed by atoms with Gasteiger partial charge in [-0.1, -0.05) is 25.1 Å². The first-order valence-electron chi connectivity index (χ1n) is 11.1. The number of guanidine groups is 1. The summed E-state index contributed by atoms with van der Waals surface area (Å²) in [7, 11) is 2.16. The zero-order chi connectivity index (χ0) is 22.5. The number of nitrogens with zero attached hydrogens (tertiary/aromatic N) is 5. The van der Waals surface area contributed by atoms with Gasteiger partial charge in [0.25, 0.3) is 0 Å². The molecule has 1 fully saturated rings. The van der Waals surface area contributed by atoms with Crippen LogP contribution in [0.3, 0.4) is 0 Å². The maximum absolute atomic E-state index is 5.81. The van der Waals surface area contributed by atoms with Gasteiger partial charge in [0.15, 0.2) is 5.82 Å². The minimum atomic E-state index is 0.246. The summed E-state index contributed by atoms with van der Waals surface area (Å²) in [5.41, 5.74) is 9.60. The second-order valence-corrected chi connectivity index (χ2v) is 8.52. The summed E-state index contributed by atoms with van der Waals surface area (Å²) in [4.78, 5) is 14.5. The van der Waals surface area contributed by atoms with Crippen LogP contribution in [0.2, 0.25) is 0 Å². The van der Waals surface area contributed by atoms with Crippen molar-refractivity contribution in [2.45, 2.75) is 20.3 Å². The Morgan fingerprint density at radius 2 is 1.84 bits per heavy atom. The number of anilines is 2. The third-order valence-electron chi connectivity index (χ3n) is 5.77. The number of H-pyrrole nitrogens is 1. The van der Waals surface area contributed by atoms with Crippen molar-refractivity contribution in [3.8, 4) is 0 Å². The molecule has 0 bridgehead atoms. The molecule has 0 aliphatic carbocycles. The van der Waals surface area contributed by atoms with Crippen LogP contribution < -0.4 is 11.1 Å². The minimum Gasteiger partial charge on any atom is -0.399 e. The van der Waals surface area contributed by atoms with Crippen LogP contribution in [0.1, 0.15) is 24.6 Å². The first kappa shape index (κ1) is 21.8. The van der Waals surface area contributed by atoms with Crippen LogP contribution in [0.25, 0.3) is 6.08 Å². The highest BCUT2D eigenvalue weighted by atomic mass is 15.3. The number of rotatable bonds is 4. The molecule has 8 heteroatoms. The Labute approximate surface area is 189 Å². The van der Waals surface area contributed by atoms with Crippen LogP contribution in [0.15, 0.2) is 58.3 Å². The number of aromatic nitrogens is 2. The fourth-order valence-electron chi connectivity index (χ4n) is 3.69. The highest BCUT2D eigenvalue weighted by molar-refractivity contribution is 6.09. The van der Waals surface area contributed by atoms with Gasteiger partial charge in [0.2, 0.25) is 5.96 Å². The van der Waals surface area contributed by atoms with Gasteiger partial charge in [0, 0.05) is 55.3 Å². The van der Waals surface area contributed by atoms with Crippen molar-refractivity contribution in [2.75, 3.05) is 44.3 Å². The van der Waals surface area contributed by atoms with Crippen LogP contribution in [0.4, 0.5) is 11.5 Å². The van der Waals surface area contributed by atoms with Gasteiger partial charge < -0.3 is 20.9 Å². The van der Waals surface area contributed by atoms with Gasteiger partial charge in [0.05, 0.1) is 0 Å². The number of benzene rings is 1. The SMILES string of the molecule is Cc1cc(NC2=N/C(N3CCN(C)CC3)=C/CC(C)C(/C=C/c3ccc(N)cc3)=N\2)n[nH]1. The Morgan fingerprint density at radius 1 is 1.09 bits per heavy atom. The van der Waals surface area contributed by atoms with E-state index < -0.39 is 0 Å². The predicted octanol–water partition coefficient (Wildman–Crippen LogP) is 3.35. The van der Waals surface area contributed by atoms with Crippen molar-refractivity contribution in [3.05, 3.63) is 59.6 Å². The molecule has 2 aromatic rings. The molecule has 1 aromatic carbocycles. The van der Waals surface area contributed by atoms with Gasteiger partial charge in [-0.05, 0) is 50.2 Å². The van der Waals surface area contributed by atoms with Gasteiger partial charge >= 0.3 is 0 Å². The van der Waals surface area contributed by atoms with Crippen molar-refractivity contribution in [1.29, 1.82) is 0 Å². The summed E-state index contributed by atoms with van der Waals surface area (Å²) < 4.78 is 0. The Morgan fingerprint density at radius 3 is 2.53 bits per heavy atom. The van der Waals surface area contributed by atoms with E-state index in [0.29, 0.717) is 11.8 Å². The van der Waals surface area contributed by atoms with E-state index in [1.54, 1.807) is 0 Å². The van der Waals surface area contributed by atoms with Crippen molar-refractivity contribution in [1.82, 2.24) is 20.0 Å². The van der Waals surface area contributed by atoms with E-state index in [0.717, 1.165) is 61.1 Å². The van der Waals surface area contributed by atoms with Crippen molar-refractivity contribution >= 4 is 29.3 Å². The number of likely N-dealkylation sites (N-methyl/N-ethyl adjacent to an activating group) is 1. The van der Waals surface area contributed by atoms with Crippen LogP contribution in [0.5, 0.6) is 0 Å². The molecule has 2 aliphatic heterocycles. The molecule has 0 radical (unpaired) electrons. The summed E-state index contributed by atoms with van der Waals surface area (Å²) in [5.74, 6) is 2.48. The number of aryl methyl sites for hydroxylation is 1. The fraction of sp³-hybridized carbons (Fsp3) is 0.375. The molecule has 0 amide bonds. The molecule has 1 atom stereocenters. The second kappa shape index (κ2) is 9.82. The van der Waals surface area contributed by atoms with Gasteiger partial charge in [0.1, 0.15) is 5.82 Å². The number of hydrogen-bond donors (Lipinski definition) is 3. The number of nitrogens with one attached hydrogen (secondary N) is 2. The minimum absolute atomic E-state index is 0.246. The quantitative estimate of drug-likeness (QED) is 0.644. The Kier molecular flexibility index (Phi) is 6.70. The maximum atomic E-state index is 5.81. The normalized spacial score (nSPS) is 25.3. The van der Waals surface area contributed by atoms with Crippen LogP contribution in [0, 0.1) is 12.8 Å². The van der Waals surface area contributed by atoms with Crippen molar-refractivity contribution in [2.24, 2.45) is 15.9 Å². The average molecular weight is 433 g/mol. The molecular formula is C24H32N8. The van der Waals surface area contributed by atoms with E-state index in [1.165, 1.54) is 0 Å². The Hall–Kier alpha value is -3.39. The molecule has 4 N–H and O–H groups in total. The van der Waals surface area contributed by atoms with E-state index in [4.69, 9.17) is 15.7 Å². The standard InChI is InChI=1S/C24H32N8/c1-17-4-11-23(32-14-12-31(3)13-15-32)28-24(27-22-16-18(2)29-30-22)26-21(17)10-7-19-5-8-20(25)9-6-19/h5-11,16-17H,4,12-15,25H2,1-3H3,(H2,27,28,29,30)/b10-7+,23-11-,26-21-. The van der Waals surface area contributed by atoms with Crippen LogP contribution in [-0.2, 0) is 0 Å². The van der Waals surface area contributed by atoms with Crippen molar-refractivity contribution in [3.63, 3.8) is 0 Å². The number of aromatic amines is 1. The number of allylic oxidation sites excluding steroid dienone is 2. The summed E-state index contributed by atoms with van der Waals surface area (Å²) >= 11 is 0. The zero-order valence-electron chi connectivity index (χ0n) is 19.0. The monoisotopic (exact) mass is 432 g/mol. The first-order chi connectivity index (χ1) is 15.5. The van der Waals surface area contributed by atoms with Crippen LogP contribution in [-0.4, -0.2) is 64.9 Å². The smallest absolute Gasteiger partial charge is 0.230 e. The molecule has 8 nitrogen and oxygen atoms in total. The van der Waals surface area contributed by atoms with E-state index in [9.17, 15) is 0 Å². The number of hydrogen-bond acceptors (Lipinski definition) is 7. The van der Waals surface area contributed by atoms with Gasteiger partial charge in [-0.2, -0.15) is 10.1 Å². The lowest BCUT2D eigenvalue weighted by atomic mass is 9.99. The molecule has 1 aromatic heterocycles.